The zero-order valence-corrected chi connectivity index (χ0v) is 26.5. The molecular formula is C24H25ClN10O7S3. The number of anilines is 1. The predicted octanol–water partition coefficient (Wildman–Crippen LogP) is 0.0217. The number of aromatic nitrogens is 5. The van der Waals surface area contributed by atoms with Gasteiger partial charge >= 0.3 is 5.97 Å². The number of carboxylic acid groups (broad SMARTS) is 1. The van der Waals surface area contributed by atoms with Crippen molar-refractivity contribution in [3.05, 3.63) is 39.9 Å². The number of aryl methyl sites for hydroxylation is 1. The summed E-state index contributed by atoms with van der Waals surface area (Å²) in [7, 11) is 1.64. The molecule has 1 aromatic carbocycles. The average Bonchev–Trinajstić information content (AvgIpc) is 3.64. The van der Waals surface area contributed by atoms with Crippen molar-refractivity contribution in [2.45, 2.75) is 16.6 Å². The van der Waals surface area contributed by atoms with E-state index in [2.05, 4.69) is 36.3 Å². The Labute approximate surface area is 271 Å². The Morgan fingerprint density at radius 1 is 1.36 bits per heavy atom. The zero-order chi connectivity index (χ0) is 32.3. The second-order valence-corrected chi connectivity index (χ2v) is 13.2. The largest absolute Gasteiger partial charge is 0.507 e. The summed E-state index contributed by atoms with van der Waals surface area (Å²) >= 11 is 9.39. The molecule has 21 heteroatoms. The van der Waals surface area contributed by atoms with Gasteiger partial charge in [0.25, 0.3) is 11.8 Å². The van der Waals surface area contributed by atoms with E-state index in [-0.39, 0.29) is 64.1 Å². The molecule has 4 heterocycles. The monoisotopic (exact) mass is 696 g/mol. The first-order valence-corrected chi connectivity index (χ1v) is 16.3. The van der Waals surface area contributed by atoms with E-state index in [1.165, 1.54) is 56.7 Å². The van der Waals surface area contributed by atoms with Crippen LogP contribution in [-0.4, -0.2) is 112 Å². The number of carbonyl (C=O) groups excluding carboxylic acids is 3. The zero-order valence-electron chi connectivity index (χ0n) is 23.2. The highest BCUT2D eigenvalue weighted by atomic mass is 35.5. The van der Waals surface area contributed by atoms with Crippen molar-refractivity contribution in [1.29, 1.82) is 0 Å². The van der Waals surface area contributed by atoms with Gasteiger partial charge in [0.1, 0.15) is 34.9 Å². The number of nitrogen functional groups attached to an aromatic ring is 1. The van der Waals surface area contributed by atoms with Gasteiger partial charge in [0.2, 0.25) is 11.1 Å². The van der Waals surface area contributed by atoms with Crippen molar-refractivity contribution < 1.29 is 34.2 Å². The summed E-state index contributed by atoms with van der Waals surface area (Å²) in [5.41, 5.74) is 4.34. The molecule has 5 rings (SSSR count). The normalized spacial score (nSPS) is 21.1. The highest BCUT2D eigenvalue weighted by Crippen LogP contribution is 2.44. The Balaban J connectivity index is 1.19. The maximum absolute atomic E-state index is 13.3. The van der Waals surface area contributed by atoms with Crippen molar-refractivity contribution >= 4 is 81.0 Å². The summed E-state index contributed by atoms with van der Waals surface area (Å²) in [6.07, 6.45) is 0. The number of halogens is 1. The summed E-state index contributed by atoms with van der Waals surface area (Å²) in [4.78, 5) is 61.9. The first-order valence-electron chi connectivity index (χ1n) is 13.0. The molecule has 0 saturated carbocycles. The molecule has 17 nitrogen and oxygen atoms in total. The van der Waals surface area contributed by atoms with Crippen LogP contribution >= 0.6 is 46.5 Å². The number of benzene rings is 1. The van der Waals surface area contributed by atoms with Crippen LogP contribution < -0.4 is 16.4 Å². The maximum atomic E-state index is 13.3. The van der Waals surface area contributed by atoms with Crippen LogP contribution in [0.5, 0.6) is 5.75 Å². The fourth-order valence-corrected chi connectivity index (χ4v) is 7.80. The molecule has 3 atom stereocenters. The maximum Gasteiger partial charge on any atom is 0.313 e. The van der Waals surface area contributed by atoms with E-state index in [9.17, 15) is 29.4 Å². The number of nitrogens with zero attached hydrogens (tertiary/aromatic N) is 7. The van der Waals surface area contributed by atoms with Crippen LogP contribution in [0.2, 0.25) is 5.02 Å². The molecule has 6 N–H and O–H groups in total. The summed E-state index contributed by atoms with van der Waals surface area (Å²) < 4.78 is 1.43. The molecule has 2 fully saturated rings. The van der Waals surface area contributed by atoms with Gasteiger partial charge in [-0.25, -0.2) is 9.67 Å². The fraction of sp³-hybridized carbons (Fsp3) is 0.375. The number of aromatic hydroxyl groups is 1. The Bertz CT molecular complexity index is 1670. The van der Waals surface area contributed by atoms with E-state index in [0.717, 1.165) is 11.3 Å². The second-order valence-electron chi connectivity index (χ2n) is 9.84. The molecule has 2 aromatic heterocycles. The van der Waals surface area contributed by atoms with E-state index >= 15 is 0 Å². The average molecular weight is 697 g/mol. The Morgan fingerprint density at radius 3 is 2.84 bits per heavy atom. The Morgan fingerprint density at radius 2 is 2.16 bits per heavy atom. The number of aliphatic carboxylic acids is 1. The van der Waals surface area contributed by atoms with Gasteiger partial charge in [-0.2, -0.15) is 0 Å². The molecule has 2 unspecified atom stereocenters. The minimum atomic E-state index is -1.25. The summed E-state index contributed by atoms with van der Waals surface area (Å²) in [6, 6.07) is 3.11. The van der Waals surface area contributed by atoms with Gasteiger partial charge < -0.3 is 36.3 Å². The molecular weight excluding hydrogens is 672 g/mol. The Hall–Kier alpha value is -4.14. The number of tetrazole rings is 1. The number of hydrogen-bond donors (Lipinski definition) is 5. The smallest absolute Gasteiger partial charge is 0.313 e. The van der Waals surface area contributed by atoms with Crippen molar-refractivity contribution in [2.24, 2.45) is 17.6 Å². The number of phenols is 1. The van der Waals surface area contributed by atoms with Crippen molar-refractivity contribution in [3.63, 3.8) is 0 Å². The summed E-state index contributed by atoms with van der Waals surface area (Å²) in [5.74, 6) is -2.77. The SMILES string of the molecule is Cn1nnnc1SCC1(C(=O)O)CS[C@@H]2C(NC(=O)C(=NOCCNC(=O)c3cc(Cl)ccc3O)c3csc(N)n3)C(=O)N2C1. The van der Waals surface area contributed by atoms with Gasteiger partial charge in [-0.15, -0.1) is 28.2 Å². The highest BCUT2D eigenvalue weighted by Gasteiger charge is 2.57. The number of thiazole rings is 1. The highest BCUT2D eigenvalue weighted by molar-refractivity contribution is 8.00. The molecule has 0 radical (unpaired) electrons. The number of amides is 3. The summed E-state index contributed by atoms with van der Waals surface area (Å²) in [6.45, 7) is -0.236. The molecule has 238 valence electrons. The van der Waals surface area contributed by atoms with Gasteiger partial charge in [-0.3, -0.25) is 19.2 Å². The molecule has 3 aromatic rings. The van der Waals surface area contributed by atoms with E-state index < -0.39 is 40.5 Å². The molecule has 0 spiro atoms. The van der Waals surface area contributed by atoms with E-state index in [1.54, 1.807) is 7.05 Å². The van der Waals surface area contributed by atoms with Gasteiger partial charge in [0.15, 0.2) is 10.8 Å². The third kappa shape index (κ3) is 6.92. The first kappa shape index (κ1) is 32.3. The lowest BCUT2D eigenvalue weighted by molar-refractivity contribution is -0.157. The van der Waals surface area contributed by atoms with Gasteiger partial charge in [-0.05, 0) is 28.6 Å². The van der Waals surface area contributed by atoms with Crippen molar-refractivity contribution in [2.75, 3.05) is 36.9 Å². The molecule has 0 bridgehead atoms. The van der Waals surface area contributed by atoms with Crippen LogP contribution in [0.25, 0.3) is 0 Å². The number of rotatable bonds is 12. The van der Waals surface area contributed by atoms with Gasteiger partial charge in [0.05, 0.1) is 12.1 Å². The number of nitrogens with two attached hydrogens (primary N) is 1. The van der Waals surface area contributed by atoms with Crippen LogP contribution in [0.4, 0.5) is 5.13 Å². The number of thioether (sulfide) groups is 2. The molecule has 2 aliphatic rings. The third-order valence-electron chi connectivity index (χ3n) is 6.76. The quantitative estimate of drug-likeness (QED) is 0.0552. The number of phenolic OH excluding ortho intramolecular Hbond substituents is 1. The van der Waals surface area contributed by atoms with Gasteiger partial charge in [0, 0.05) is 35.5 Å². The third-order valence-corrected chi connectivity index (χ3v) is 10.6. The van der Waals surface area contributed by atoms with Crippen LogP contribution in [0.15, 0.2) is 33.9 Å². The second kappa shape index (κ2) is 13.5. The lowest BCUT2D eigenvalue weighted by Gasteiger charge is -2.53. The minimum Gasteiger partial charge on any atom is -0.507 e. The fourth-order valence-electron chi connectivity index (χ4n) is 4.37. The van der Waals surface area contributed by atoms with Crippen LogP contribution in [0, 0.1) is 5.41 Å². The molecule has 3 amide bonds. The van der Waals surface area contributed by atoms with Crippen LogP contribution in [-0.2, 0) is 26.3 Å². The molecule has 0 aliphatic carbocycles. The first-order chi connectivity index (χ1) is 21.5. The molecule has 2 aliphatic heterocycles. The number of oxime groups is 1. The van der Waals surface area contributed by atoms with E-state index in [4.69, 9.17) is 22.2 Å². The number of carboxylic acids is 1. The molecule has 45 heavy (non-hydrogen) atoms. The number of β-lactam (4-membered cyclic amide) rings is 1. The molecule has 2 saturated heterocycles. The van der Waals surface area contributed by atoms with Gasteiger partial charge in [-0.1, -0.05) is 28.5 Å². The van der Waals surface area contributed by atoms with Crippen LogP contribution in [0.1, 0.15) is 16.1 Å². The Kier molecular flexibility index (Phi) is 9.65. The standard InChI is InChI=1S/C24H25ClN10O7S3/c1-34-23(30-32-33-34)45-10-24(21(40)41)8-35-19(39)16(20(35)44-9-24)29-18(38)15(13-7-43-22(26)28-13)31-42-5-4-27-17(37)12-6-11(25)2-3-14(12)36/h2-3,6-7,16,20,36H,4-5,8-10H2,1H3,(H2,26,28)(H,27,37)(H,29,38)(H,40,41)/t16?,20-,24?/m1/s1. The number of nitrogens with one attached hydrogen (secondary N) is 2. The van der Waals surface area contributed by atoms with E-state index in [1.807, 2.05) is 0 Å². The lowest BCUT2D eigenvalue weighted by Crippen LogP contribution is -2.74. The van der Waals surface area contributed by atoms with Crippen molar-refractivity contribution in [3.8, 4) is 5.75 Å². The lowest BCUT2D eigenvalue weighted by atomic mass is 9.89. The number of carbonyl (C=O) groups is 4. The number of hydrogen-bond acceptors (Lipinski definition) is 15. The topological polar surface area (TPSA) is 240 Å². The van der Waals surface area contributed by atoms with Crippen LogP contribution in [0.3, 0.4) is 0 Å². The van der Waals surface area contributed by atoms with Crippen molar-refractivity contribution in [1.82, 2.24) is 40.7 Å². The minimum absolute atomic E-state index is 0.0223. The van der Waals surface area contributed by atoms with E-state index in [0.29, 0.717) is 5.16 Å². The number of fused-ring (bicyclic) bond motifs is 1. The summed E-state index contributed by atoms with van der Waals surface area (Å²) in [5, 5.41) is 42.1. The predicted molar refractivity (Wildman–Crippen MR) is 164 cm³/mol.